The molecule has 2 amide bonds. The van der Waals surface area contributed by atoms with Crippen LogP contribution in [0.15, 0.2) is 4.52 Å². The number of carbonyl (C=O) groups excluding carboxylic acids is 1. The molecule has 1 aliphatic heterocycles. The molecule has 1 saturated heterocycles. The fourth-order valence-corrected chi connectivity index (χ4v) is 3.88. The Bertz CT molecular complexity index is 548. The van der Waals surface area contributed by atoms with E-state index in [1.807, 2.05) is 0 Å². The molecule has 7 heteroatoms. The molecule has 0 atom stereocenters. The number of piperidine rings is 1. The van der Waals surface area contributed by atoms with Crippen LogP contribution in [0.25, 0.3) is 0 Å². The summed E-state index contributed by atoms with van der Waals surface area (Å²) in [6, 6.07) is 0.633. The topological polar surface area (TPSA) is 83.3 Å². The first-order chi connectivity index (χ1) is 12.7. The van der Waals surface area contributed by atoms with E-state index in [9.17, 15) is 4.79 Å². The molecular weight excluding hydrogens is 330 g/mol. The second kappa shape index (κ2) is 9.90. The van der Waals surface area contributed by atoms with Gasteiger partial charge >= 0.3 is 6.03 Å². The van der Waals surface area contributed by atoms with Gasteiger partial charge < -0.3 is 15.2 Å². The Morgan fingerprint density at radius 3 is 2.50 bits per heavy atom. The summed E-state index contributed by atoms with van der Waals surface area (Å²) in [7, 11) is 0. The predicted molar refractivity (Wildman–Crippen MR) is 99.7 cm³/mol. The van der Waals surface area contributed by atoms with Crippen LogP contribution in [0.5, 0.6) is 0 Å². The smallest absolute Gasteiger partial charge is 0.315 e. The highest BCUT2D eigenvalue weighted by molar-refractivity contribution is 5.74. The number of nitrogens with zero attached hydrogens (tertiary/aromatic N) is 3. The largest absolute Gasteiger partial charge is 0.338 e. The maximum absolute atomic E-state index is 12.2. The summed E-state index contributed by atoms with van der Waals surface area (Å²) in [4.78, 5) is 19.0. The van der Waals surface area contributed by atoms with E-state index in [-0.39, 0.29) is 12.1 Å². The Labute approximate surface area is 156 Å². The SMILES string of the molecule is CCCCc1noc(CN2CCC(NC(=O)NC3CCCCC3)CC2)n1. The number of aromatic nitrogens is 2. The molecule has 146 valence electrons. The first-order valence-electron chi connectivity index (χ1n) is 10.3. The fourth-order valence-electron chi connectivity index (χ4n) is 3.88. The highest BCUT2D eigenvalue weighted by Gasteiger charge is 2.23. The summed E-state index contributed by atoms with van der Waals surface area (Å²) < 4.78 is 5.36. The summed E-state index contributed by atoms with van der Waals surface area (Å²) in [5.41, 5.74) is 0. The quantitative estimate of drug-likeness (QED) is 0.778. The third kappa shape index (κ3) is 5.97. The average molecular weight is 364 g/mol. The Morgan fingerprint density at radius 2 is 1.81 bits per heavy atom. The number of nitrogens with one attached hydrogen (secondary N) is 2. The first kappa shape index (κ1) is 19.1. The van der Waals surface area contributed by atoms with Crippen molar-refractivity contribution in [2.45, 2.75) is 89.8 Å². The van der Waals surface area contributed by atoms with Crippen molar-refractivity contribution in [3.8, 4) is 0 Å². The predicted octanol–water partition coefficient (Wildman–Crippen LogP) is 3.01. The zero-order chi connectivity index (χ0) is 18.2. The molecule has 26 heavy (non-hydrogen) atoms. The molecule has 3 rings (SSSR count). The molecule has 2 heterocycles. The minimum absolute atomic E-state index is 0.00724. The van der Waals surface area contributed by atoms with Gasteiger partial charge in [0.15, 0.2) is 5.82 Å². The molecule has 2 aliphatic rings. The molecule has 0 radical (unpaired) electrons. The second-order valence-corrected chi connectivity index (χ2v) is 7.71. The second-order valence-electron chi connectivity index (χ2n) is 7.71. The van der Waals surface area contributed by atoms with Gasteiger partial charge in [-0.25, -0.2) is 4.79 Å². The summed E-state index contributed by atoms with van der Waals surface area (Å²) in [5.74, 6) is 1.52. The van der Waals surface area contributed by atoms with Gasteiger partial charge in [0.1, 0.15) is 0 Å². The number of carbonyl (C=O) groups is 1. The number of hydrogen-bond donors (Lipinski definition) is 2. The van der Waals surface area contributed by atoms with Crippen molar-refractivity contribution < 1.29 is 9.32 Å². The van der Waals surface area contributed by atoms with E-state index in [4.69, 9.17) is 4.52 Å². The third-order valence-corrected chi connectivity index (χ3v) is 5.49. The number of unbranched alkanes of at least 4 members (excludes halogenated alkanes) is 1. The number of likely N-dealkylation sites (tertiary alicyclic amines) is 1. The van der Waals surface area contributed by atoms with E-state index in [1.54, 1.807) is 0 Å². The van der Waals surface area contributed by atoms with Crippen LogP contribution in [-0.2, 0) is 13.0 Å². The minimum Gasteiger partial charge on any atom is -0.338 e. The van der Waals surface area contributed by atoms with Crippen molar-refractivity contribution in [1.29, 1.82) is 0 Å². The van der Waals surface area contributed by atoms with E-state index in [0.29, 0.717) is 18.5 Å². The Morgan fingerprint density at radius 1 is 1.12 bits per heavy atom. The number of urea groups is 1. The van der Waals surface area contributed by atoms with Crippen LogP contribution in [0.1, 0.15) is 76.4 Å². The lowest BCUT2D eigenvalue weighted by Gasteiger charge is -2.32. The van der Waals surface area contributed by atoms with Crippen molar-refractivity contribution >= 4 is 6.03 Å². The number of aryl methyl sites for hydroxylation is 1. The molecule has 1 aromatic rings. The molecule has 1 saturated carbocycles. The van der Waals surface area contributed by atoms with Crippen molar-refractivity contribution in [2.24, 2.45) is 0 Å². The van der Waals surface area contributed by atoms with Gasteiger partial charge in [-0.05, 0) is 32.1 Å². The average Bonchev–Trinajstić information content (AvgIpc) is 3.10. The number of rotatable bonds is 7. The van der Waals surface area contributed by atoms with Gasteiger partial charge in [-0.2, -0.15) is 4.98 Å². The molecule has 1 aliphatic carbocycles. The monoisotopic (exact) mass is 363 g/mol. The molecule has 2 N–H and O–H groups in total. The highest BCUT2D eigenvalue weighted by atomic mass is 16.5. The van der Waals surface area contributed by atoms with Crippen molar-refractivity contribution in [3.63, 3.8) is 0 Å². The summed E-state index contributed by atoms with van der Waals surface area (Å²) in [6.45, 7) is 4.76. The summed E-state index contributed by atoms with van der Waals surface area (Å²) in [5, 5.41) is 10.3. The van der Waals surface area contributed by atoms with Gasteiger partial charge in [-0.15, -0.1) is 0 Å². The highest BCUT2D eigenvalue weighted by Crippen LogP contribution is 2.18. The lowest BCUT2D eigenvalue weighted by Crippen LogP contribution is -2.50. The van der Waals surface area contributed by atoms with Crippen molar-refractivity contribution in [3.05, 3.63) is 11.7 Å². The maximum Gasteiger partial charge on any atom is 0.315 e. The summed E-state index contributed by atoms with van der Waals surface area (Å²) >= 11 is 0. The van der Waals surface area contributed by atoms with E-state index in [0.717, 1.165) is 63.9 Å². The molecular formula is C19H33N5O2. The zero-order valence-corrected chi connectivity index (χ0v) is 16.0. The molecule has 1 aromatic heterocycles. The van der Waals surface area contributed by atoms with Gasteiger partial charge in [-0.1, -0.05) is 37.8 Å². The normalized spacial score (nSPS) is 20.2. The van der Waals surface area contributed by atoms with Crippen LogP contribution < -0.4 is 10.6 Å². The van der Waals surface area contributed by atoms with Gasteiger partial charge in [0.05, 0.1) is 6.54 Å². The maximum atomic E-state index is 12.2. The van der Waals surface area contributed by atoms with E-state index < -0.39 is 0 Å². The molecule has 0 spiro atoms. The van der Waals surface area contributed by atoms with Crippen LogP contribution in [0.4, 0.5) is 4.79 Å². The van der Waals surface area contributed by atoms with Crippen LogP contribution in [-0.4, -0.2) is 46.2 Å². The number of hydrogen-bond acceptors (Lipinski definition) is 5. The van der Waals surface area contributed by atoms with Crippen LogP contribution in [0.3, 0.4) is 0 Å². The molecule has 0 unspecified atom stereocenters. The third-order valence-electron chi connectivity index (χ3n) is 5.49. The van der Waals surface area contributed by atoms with Gasteiger partial charge in [0.2, 0.25) is 5.89 Å². The Kier molecular flexibility index (Phi) is 7.29. The molecule has 7 nitrogen and oxygen atoms in total. The lowest BCUT2D eigenvalue weighted by atomic mass is 9.96. The molecule has 0 aromatic carbocycles. The van der Waals surface area contributed by atoms with Gasteiger partial charge in [0.25, 0.3) is 0 Å². The fraction of sp³-hybridized carbons (Fsp3) is 0.842. The first-order valence-corrected chi connectivity index (χ1v) is 10.3. The van der Waals surface area contributed by atoms with Crippen LogP contribution in [0.2, 0.25) is 0 Å². The lowest BCUT2D eigenvalue weighted by molar-refractivity contribution is 0.168. The Hall–Kier alpha value is -1.63. The van der Waals surface area contributed by atoms with Crippen molar-refractivity contribution in [1.82, 2.24) is 25.7 Å². The van der Waals surface area contributed by atoms with E-state index in [2.05, 4.69) is 32.6 Å². The van der Waals surface area contributed by atoms with Crippen LogP contribution >= 0.6 is 0 Å². The minimum atomic E-state index is 0.00724. The van der Waals surface area contributed by atoms with Crippen molar-refractivity contribution in [2.75, 3.05) is 13.1 Å². The van der Waals surface area contributed by atoms with Gasteiger partial charge in [-0.3, -0.25) is 4.90 Å². The van der Waals surface area contributed by atoms with Crippen LogP contribution in [0, 0.1) is 0 Å². The number of amides is 2. The van der Waals surface area contributed by atoms with E-state index in [1.165, 1.54) is 19.3 Å². The summed E-state index contributed by atoms with van der Waals surface area (Å²) in [6.07, 6.45) is 11.1. The zero-order valence-electron chi connectivity index (χ0n) is 16.0. The standard InChI is InChI=1S/C19H33N5O2/c1-2-3-9-17-22-18(26-23-17)14-24-12-10-16(11-13-24)21-19(25)20-15-7-5-4-6-8-15/h15-16H,2-14H2,1H3,(H2,20,21,25). The van der Waals surface area contributed by atoms with Gasteiger partial charge in [0, 0.05) is 31.6 Å². The molecule has 2 fully saturated rings. The Balaban J connectivity index is 1.34. The van der Waals surface area contributed by atoms with E-state index >= 15 is 0 Å². The molecule has 0 bridgehead atoms.